The van der Waals surface area contributed by atoms with Crippen LogP contribution in [0.15, 0.2) is 0 Å². The quantitative estimate of drug-likeness (QED) is 0.735. The molecule has 3 atom stereocenters. The van der Waals surface area contributed by atoms with E-state index in [-0.39, 0.29) is 17.7 Å². The lowest BCUT2D eigenvalue weighted by Gasteiger charge is -2.32. The van der Waals surface area contributed by atoms with Crippen LogP contribution in [0.4, 0.5) is 4.79 Å². The van der Waals surface area contributed by atoms with Crippen molar-refractivity contribution in [1.82, 2.24) is 9.96 Å². The SMILES string of the molecule is CCOC(=O)N1CC2C(C)ON(C)C2(CC)C1. The van der Waals surface area contributed by atoms with Gasteiger partial charge in [0.2, 0.25) is 0 Å². The van der Waals surface area contributed by atoms with Crippen molar-refractivity contribution in [3.63, 3.8) is 0 Å². The normalized spacial score (nSPS) is 37.3. The summed E-state index contributed by atoms with van der Waals surface area (Å²) in [7, 11) is 1.97. The molecule has 2 fully saturated rings. The molecular formula is C12H22N2O3. The Bertz CT molecular complexity index is 310. The van der Waals surface area contributed by atoms with Crippen molar-refractivity contribution >= 4 is 6.09 Å². The first kappa shape index (κ1) is 12.6. The molecule has 17 heavy (non-hydrogen) atoms. The van der Waals surface area contributed by atoms with Gasteiger partial charge in [-0.15, -0.1) is 0 Å². The van der Waals surface area contributed by atoms with Crippen LogP contribution in [-0.2, 0) is 9.57 Å². The molecule has 0 aliphatic carbocycles. The Morgan fingerprint density at radius 2 is 2.24 bits per heavy atom. The van der Waals surface area contributed by atoms with Gasteiger partial charge in [-0.05, 0) is 20.3 Å². The van der Waals surface area contributed by atoms with Crippen LogP contribution in [0.2, 0.25) is 0 Å². The predicted octanol–water partition coefficient (Wildman–Crippen LogP) is 1.49. The number of hydrogen-bond acceptors (Lipinski definition) is 4. The summed E-state index contributed by atoms with van der Waals surface area (Å²) in [6, 6.07) is 0. The molecule has 2 aliphatic heterocycles. The zero-order chi connectivity index (χ0) is 12.6. The number of carbonyl (C=O) groups excluding carboxylic acids is 1. The van der Waals surface area contributed by atoms with Gasteiger partial charge in [0.05, 0.1) is 18.2 Å². The van der Waals surface area contributed by atoms with E-state index >= 15 is 0 Å². The number of likely N-dealkylation sites (N-methyl/N-ethyl adjacent to an activating group) is 1. The largest absolute Gasteiger partial charge is 0.450 e. The highest BCUT2D eigenvalue weighted by Gasteiger charge is 2.57. The molecule has 98 valence electrons. The molecular weight excluding hydrogens is 220 g/mol. The fraction of sp³-hybridized carbons (Fsp3) is 0.917. The predicted molar refractivity (Wildman–Crippen MR) is 63.4 cm³/mol. The molecule has 0 aromatic heterocycles. The number of amides is 1. The third kappa shape index (κ3) is 1.81. The Kier molecular flexibility index (Phi) is 3.32. The monoisotopic (exact) mass is 242 g/mol. The average Bonchev–Trinajstić information content (AvgIpc) is 2.78. The van der Waals surface area contributed by atoms with Gasteiger partial charge in [-0.25, -0.2) is 4.79 Å². The molecule has 0 spiro atoms. The topological polar surface area (TPSA) is 42.0 Å². The van der Waals surface area contributed by atoms with Crippen molar-refractivity contribution in [2.24, 2.45) is 5.92 Å². The molecule has 2 saturated heterocycles. The van der Waals surface area contributed by atoms with E-state index in [4.69, 9.17) is 9.57 Å². The Morgan fingerprint density at radius 1 is 1.53 bits per heavy atom. The number of likely N-dealkylation sites (tertiary alicyclic amines) is 1. The van der Waals surface area contributed by atoms with E-state index in [0.29, 0.717) is 19.1 Å². The summed E-state index contributed by atoms with van der Waals surface area (Å²) in [6.07, 6.45) is 0.948. The van der Waals surface area contributed by atoms with Gasteiger partial charge in [0.1, 0.15) is 0 Å². The van der Waals surface area contributed by atoms with Gasteiger partial charge >= 0.3 is 6.09 Å². The molecule has 0 aromatic rings. The maximum atomic E-state index is 11.8. The van der Waals surface area contributed by atoms with Gasteiger partial charge in [0, 0.05) is 26.1 Å². The second-order valence-corrected chi connectivity index (χ2v) is 4.95. The second kappa shape index (κ2) is 4.46. The molecule has 0 N–H and O–H groups in total. The van der Waals surface area contributed by atoms with Crippen molar-refractivity contribution < 1.29 is 14.4 Å². The number of carbonyl (C=O) groups is 1. The van der Waals surface area contributed by atoms with Crippen LogP contribution < -0.4 is 0 Å². The number of nitrogens with zero attached hydrogens (tertiary/aromatic N) is 2. The van der Waals surface area contributed by atoms with Crippen LogP contribution in [0.3, 0.4) is 0 Å². The van der Waals surface area contributed by atoms with Gasteiger partial charge in [0.25, 0.3) is 0 Å². The zero-order valence-corrected chi connectivity index (χ0v) is 11.1. The van der Waals surface area contributed by atoms with Crippen LogP contribution in [0.1, 0.15) is 27.2 Å². The number of rotatable bonds is 2. The van der Waals surface area contributed by atoms with Crippen molar-refractivity contribution in [2.45, 2.75) is 38.8 Å². The second-order valence-electron chi connectivity index (χ2n) is 4.95. The lowest BCUT2D eigenvalue weighted by molar-refractivity contribution is -0.168. The third-order valence-electron chi connectivity index (χ3n) is 4.23. The number of hydroxylamine groups is 2. The van der Waals surface area contributed by atoms with Crippen molar-refractivity contribution in [3.8, 4) is 0 Å². The highest BCUT2D eigenvalue weighted by Crippen LogP contribution is 2.44. The van der Waals surface area contributed by atoms with Crippen molar-refractivity contribution in [2.75, 3.05) is 26.7 Å². The molecule has 0 radical (unpaired) electrons. The highest BCUT2D eigenvalue weighted by molar-refractivity contribution is 5.68. The Hall–Kier alpha value is -0.810. The summed E-state index contributed by atoms with van der Waals surface area (Å²) < 4.78 is 5.08. The van der Waals surface area contributed by atoms with E-state index in [1.165, 1.54) is 0 Å². The van der Waals surface area contributed by atoms with E-state index in [2.05, 4.69) is 13.8 Å². The fourth-order valence-corrected chi connectivity index (χ4v) is 3.22. The van der Waals surface area contributed by atoms with Crippen LogP contribution >= 0.6 is 0 Å². The standard InChI is InChI=1S/C12H22N2O3/c1-5-12-8-14(11(15)16-6-2)7-10(12)9(3)17-13(12)4/h9-10H,5-8H2,1-4H3. The minimum absolute atomic E-state index is 0.0355. The molecule has 0 aromatic carbocycles. The van der Waals surface area contributed by atoms with Gasteiger partial charge in [0.15, 0.2) is 0 Å². The van der Waals surface area contributed by atoms with E-state index in [9.17, 15) is 4.79 Å². The molecule has 5 nitrogen and oxygen atoms in total. The van der Waals surface area contributed by atoms with E-state index in [0.717, 1.165) is 13.0 Å². The first-order valence-electron chi connectivity index (χ1n) is 6.37. The lowest BCUT2D eigenvalue weighted by atomic mass is 9.83. The number of fused-ring (bicyclic) bond motifs is 1. The molecule has 0 bridgehead atoms. The van der Waals surface area contributed by atoms with Gasteiger partial charge in [-0.2, -0.15) is 5.06 Å². The Labute approximate surface area is 103 Å². The fourth-order valence-electron chi connectivity index (χ4n) is 3.22. The van der Waals surface area contributed by atoms with Gasteiger partial charge < -0.3 is 9.64 Å². The minimum Gasteiger partial charge on any atom is -0.450 e. The first-order chi connectivity index (χ1) is 8.05. The summed E-state index contributed by atoms with van der Waals surface area (Å²) in [4.78, 5) is 19.4. The molecule has 0 saturated carbocycles. The highest BCUT2D eigenvalue weighted by atomic mass is 16.7. The summed E-state index contributed by atoms with van der Waals surface area (Å²) >= 11 is 0. The van der Waals surface area contributed by atoms with E-state index < -0.39 is 0 Å². The van der Waals surface area contributed by atoms with Crippen LogP contribution in [0, 0.1) is 5.92 Å². The van der Waals surface area contributed by atoms with Crippen LogP contribution in [0.25, 0.3) is 0 Å². The zero-order valence-electron chi connectivity index (χ0n) is 11.1. The molecule has 5 heteroatoms. The Morgan fingerprint density at radius 3 is 2.76 bits per heavy atom. The minimum atomic E-state index is -0.199. The summed E-state index contributed by atoms with van der Waals surface area (Å²) in [5.74, 6) is 0.377. The molecule has 3 unspecified atom stereocenters. The smallest absolute Gasteiger partial charge is 0.409 e. The van der Waals surface area contributed by atoms with Crippen LogP contribution in [-0.4, -0.2) is 54.4 Å². The molecule has 2 aliphatic rings. The van der Waals surface area contributed by atoms with Crippen molar-refractivity contribution in [1.29, 1.82) is 0 Å². The number of ether oxygens (including phenoxy) is 1. The maximum Gasteiger partial charge on any atom is 0.409 e. The maximum absolute atomic E-state index is 11.8. The lowest BCUT2D eigenvalue weighted by Crippen LogP contribution is -2.47. The summed E-state index contributed by atoms with van der Waals surface area (Å²) in [5.41, 5.74) is -0.0355. The molecule has 1 amide bonds. The first-order valence-corrected chi connectivity index (χ1v) is 6.37. The van der Waals surface area contributed by atoms with E-state index in [1.807, 2.05) is 23.9 Å². The number of hydrogen-bond donors (Lipinski definition) is 0. The summed E-state index contributed by atoms with van der Waals surface area (Å²) in [5, 5.41) is 1.95. The van der Waals surface area contributed by atoms with Crippen molar-refractivity contribution in [3.05, 3.63) is 0 Å². The Balaban J connectivity index is 2.14. The average molecular weight is 242 g/mol. The van der Waals surface area contributed by atoms with E-state index in [1.54, 1.807) is 0 Å². The van der Waals surface area contributed by atoms with Gasteiger partial charge in [-0.3, -0.25) is 4.84 Å². The molecule has 2 heterocycles. The van der Waals surface area contributed by atoms with Gasteiger partial charge in [-0.1, -0.05) is 6.92 Å². The molecule has 2 rings (SSSR count). The summed E-state index contributed by atoms with van der Waals surface area (Å²) in [6.45, 7) is 7.93. The third-order valence-corrected chi connectivity index (χ3v) is 4.23. The van der Waals surface area contributed by atoms with Crippen LogP contribution in [0.5, 0.6) is 0 Å².